The van der Waals surface area contributed by atoms with E-state index in [-0.39, 0.29) is 17.8 Å². The second-order valence-electron chi connectivity index (χ2n) is 0.476. The molecule has 0 aliphatic rings. The molecule has 68 valence electrons. The fourth-order valence-electron chi connectivity index (χ4n) is 0. The summed E-state index contributed by atoms with van der Waals surface area (Å²) in [4.78, 5) is 0. The van der Waals surface area contributed by atoms with E-state index in [1.54, 1.807) is 0 Å². The van der Waals surface area contributed by atoms with Crippen molar-refractivity contribution in [3.8, 4) is 0 Å². The largest absolute Gasteiger partial charge is 0.369 e. The minimum absolute atomic E-state index is 0. The second kappa shape index (κ2) is 5.58. The van der Waals surface area contributed by atoms with E-state index in [2.05, 4.69) is 0 Å². The number of quaternary nitrogens is 2. The first-order valence-corrected chi connectivity index (χ1v) is 11.2. The summed E-state index contributed by atoms with van der Waals surface area (Å²) in [5, 5.41) is 0. The summed E-state index contributed by atoms with van der Waals surface area (Å²) in [7, 11) is 21.0. The van der Waals surface area contributed by atoms with Gasteiger partial charge in [0, 0.05) is 0 Å². The zero-order valence-corrected chi connectivity index (χ0v) is 10.1. The molecule has 3 nitrogen and oxygen atoms in total. The number of halogens is 5. The topological polar surface area (TPSA) is 104 Å². The molecule has 0 heterocycles. The van der Waals surface area contributed by atoms with Crippen LogP contribution in [-0.2, 0) is 8.65 Å². The van der Waals surface area contributed by atoms with Crippen molar-refractivity contribution >= 4 is 48.5 Å². The number of hydrogen-bond acceptors (Lipinski definition) is 0. The smallest absolute Gasteiger partial charge is 0.369 e. The van der Waals surface area contributed by atoms with Crippen molar-refractivity contribution in [1.82, 2.24) is 12.3 Å². The summed E-state index contributed by atoms with van der Waals surface area (Å²) in [6.45, 7) is 0. The average molecular weight is 334 g/mol. The van der Waals surface area contributed by atoms with Gasteiger partial charge in [-0.05, 0) is 0 Å². The van der Waals surface area contributed by atoms with Crippen LogP contribution in [0, 0.1) is 0 Å². The van der Waals surface area contributed by atoms with E-state index >= 15 is 0 Å². The maximum atomic E-state index is 5.02. The Labute approximate surface area is 74.4 Å². The normalized spacial score (nSPS) is 12.8. The molecule has 0 aliphatic carbocycles. The summed E-state index contributed by atoms with van der Waals surface area (Å²) in [5.74, 6) is 0. The summed E-state index contributed by atoms with van der Waals surface area (Å²) in [5.41, 5.74) is 0. The minimum Gasteiger partial charge on any atom is -0.369 e. The van der Waals surface area contributed by atoms with Crippen LogP contribution >= 0.6 is 48.5 Å². The second-order valence-corrected chi connectivity index (χ2v) is 25.4. The molecule has 9 heavy (non-hydrogen) atoms. The minimum atomic E-state index is -4.04. The molecular formula is H10Cl5N2ORh+2. The van der Waals surface area contributed by atoms with Crippen LogP contribution in [0.5, 0.6) is 0 Å². The molecule has 0 rings (SSSR count). The predicted molar refractivity (Wildman–Crippen MR) is 44.8 cm³/mol. The molecule has 10 N–H and O–H groups in total. The fraction of sp³-hybridized carbons (Fsp3) is 0. The van der Waals surface area contributed by atoms with Crippen molar-refractivity contribution in [1.29, 1.82) is 0 Å². The Balaban J connectivity index is -0.0000000417. The Morgan fingerprint density at radius 3 is 0.667 bits per heavy atom. The van der Waals surface area contributed by atoms with Crippen molar-refractivity contribution in [3.05, 3.63) is 0 Å². The van der Waals surface area contributed by atoms with E-state index in [1.165, 1.54) is 0 Å². The molecule has 0 saturated heterocycles. The molecule has 0 aromatic carbocycles. The molecule has 0 bridgehead atoms. The third kappa shape index (κ3) is 165. The van der Waals surface area contributed by atoms with Crippen molar-refractivity contribution in [2.24, 2.45) is 0 Å². The molecule has 0 radical (unpaired) electrons. The maximum Gasteiger partial charge on any atom is -0.369 e. The molecule has 0 saturated carbocycles. The van der Waals surface area contributed by atoms with E-state index in [1.807, 2.05) is 0 Å². The first-order valence-electron chi connectivity index (χ1n) is 0.630. The van der Waals surface area contributed by atoms with Crippen LogP contribution in [0.15, 0.2) is 0 Å². The van der Waals surface area contributed by atoms with Gasteiger partial charge in [0.15, 0.2) is 0 Å². The van der Waals surface area contributed by atoms with Crippen LogP contribution in [0.2, 0.25) is 0 Å². The fourth-order valence-corrected chi connectivity index (χ4v) is 0. The van der Waals surface area contributed by atoms with Gasteiger partial charge in [-0.1, -0.05) is 0 Å². The molecule has 0 aliphatic heterocycles. The van der Waals surface area contributed by atoms with Gasteiger partial charge in [0.25, 0.3) is 0 Å². The van der Waals surface area contributed by atoms with Gasteiger partial charge in [-0.3, -0.25) is 0 Å². The predicted octanol–water partition coefficient (Wildman–Crippen LogP) is 3.37. The van der Waals surface area contributed by atoms with Gasteiger partial charge in [0.1, 0.15) is 0 Å². The molecule has 0 aromatic heterocycles. The van der Waals surface area contributed by atoms with Gasteiger partial charge in [-0.25, -0.2) is 0 Å². The zero-order chi connectivity index (χ0) is 5.45. The van der Waals surface area contributed by atoms with Crippen molar-refractivity contribution in [2.45, 2.75) is 0 Å². The van der Waals surface area contributed by atoms with Gasteiger partial charge >= 0.3 is 57.1 Å². The Morgan fingerprint density at radius 1 is 0.667 bits per heavy atom. The first-order chi connectivity index (χ1) is 2.24. The van der Waals surface area contributed by atoms with Crippen LogP contribution in [0.4, 0.5) is 0 Å². The maximum absolute atomic E-state index is 5.02. The van der Waals surface area contributed by atoms with Crippen molar-refractivity contribution < 1.29 is 14.1 Å². The van der Waals surface area contributed by atoms with Crippen molar-refractivity contribution in [3.63, 3.8) is 0 Å². The van der Waals surface area contributed by atoms with Gasteiger partial charge in [-0.15, -0.1) is 0 Å². The Kier molecular flexibility index (Phi) is 13.9. The van der Waals surface area contributed by atoms with Crippen molar-refractivity contribution in [2.75, 3.05) is 0 Å². The van der Waals surface area contributed by atoms with Gasteiger partial charge in [-0.2, -0.15) is 0 Å². The summed E-state index contributed by atoms with van der Waals surface area (Å²) >= 11 is 0. The Bertz CT molecular complexity index is 48.1. The summed E-state index contributed by atoms with van der Waals surface area (Å²) in [6.07, 6.45) is 0. The third-order valence-electron chi connectivity index (χ3n) is 0. The van der Waals surface area contributed by atoms with Crippen LogP contribution in [-0.4, -0.2) is 5.48 Å². The van der Waals surface area contributed by atoms with E-state index in [0.29, 0.717) is 0 Å². The van der Waals surface area contributed by atoms with E-state index < -0.39 is 8.65 Å². The van der Waals surface area contributed by atoms with Crippen LogP contribution < -0.4 is 12.3 Å². The van der Waals surface area contributed by atoms with Gasteiger partial charge < -0.3 is 17.8 Å². The molecule has 0 aromatic rings. The summed E-state index contributed by atoms with van der Waals surface area (Å²) < 4.78 is 0. The van der Waals surface area contributed by atoms with Crippen LogP contribution in [0.25, 0.3) is 0 Å². The van der Waals surface area contributed by atoms with Crippen LogP contribution in [0.1, 0.15) is 0 Å². The molecule has 9 heteroatoms. The molecule has 0 amide bonds. The molecule has 0 fully saturated rings. The molecule has 0 unspecified atom stereocenters. The van der Waals surface area contributed by atoms with E-state index in [4.69, 9.17) is 48.5 Å². The Hall–Kier alpha value is 1.95. The van der Waals surface area contributed by atoms with Crippen LogP contribution in [0.3, 0.4) is 0 Å². The average Bonchev–Trinajstić information content (AvgIpc) is 0.650. The Morgan fingerprint density at radius 2 is 0.667 bits per heavy atom. The summed E-state index contributed by atoms with van der Waals surface area (Å²) in [6, 6.07) is 0. The number of hydrogen-bond donors (Lipinski definition) is 2. The standard InChI is InChI=1S/5ClH.2H3N.H2O.Rh/h5*1H;2*1H3;1H2;/q;;;;;;;;+5/p-3. The number of rotatable bonds is 0. The quantitative estimate of drug-likeness (QED) is 0.634. The zero-order valence-electron chi connectivity index (χ0n) is 4.72. The SMILES string of the molecule is O.[Cl][Rh]([Cl])([Cl])([Cl])[Cl].[NH4+].[NH4+]. The van der Waals surface area contributed by atoms with E-state index in [0.717, 1.165) is 0 Å². The van der Waals surface area contributed by atoms with E-state index in [9.17, 15) is 0 Å². The van der Waals surface area contributed by atoms with Gasteiger partial charge in [0.2, 0.25) is 0 Å². The third-order valence-corrected chi connectivity index (χ3v) is 0. The molecular weight excluding hydrogens is 324 g/mol. The van der Waals surface area contributed by atoms with Gasteiger partial charge in [0.05, 0.1) is 0 Å². The first kappa shape index (κ1) is 22.4. The molecule has 0 spiro atoms. The monoisotopic (exact) mass is 332 g/mol. The molecule has 0 atom stereocenters.